The quantitative estimate of drug-likeness (QED) is 0.744. The Labute approximate surface area is 161 Å². The van der Waals surface area contributed by atoms with Gasteiger partial charge in [-0.3, -0.25) is 9.59 Å². The van der Waals surface area contributed by atoms with E-state index < -0.39 is 30.0 Å². The lowest BCUT2D eigenvalue weighted by molar-refractivity contribution is -0.171. The number of piperidine rings is 1. The molecule has 3 rings (SSSR count). The lowest BCUT2D eigenvalue weighted by Gasteiger charge is -2.30. The first-order chi connectivity index (χ1) is 13.3. The van der Waals surface area contributed by atoms with Gasteiger partial charge in [-0.15, -0.1) is 0 Å². The highest BCUT2D eigenvalue weighted by molar-refractivity contribution is 6.00. The fraction of sp³-hybridized carbons (Fsp3) is 0.579. The molecule has 28 heavy (non-hydrogen) atoms. The van der Waals surface area contributed by atoms with Gasteiger partial charge in [-0.2, -0.15) is 13.2 Å². The van der Waals surface area contributed by atoms with E-state index in [0.29, 0.717) is 6.54 Å². The maximum Gasteiger partial charge on any atom is 0.408 e. The van der Waals surface area contributed by atoms with Crippen molar-refractivity contribution in [1.29, 1.82) is 0 Å². The van der Waals surface area contributed by atoms with Crippen LogP contribution in [0.2, 0.25) is 0 Å². The Morgan fingerprint density at radius 2 is 2.04 bits per heavy atom. The Morgan fingerprint density at radius 1 is 1.29 bits per heavy atom. The molecule has 2 saturated heterocycles. The monoisotopic (exact) mass is 399 g/mol. The van der Waals surface area contributed by atoms with Gasteiger partial charge in [0, 0.05) is 19.6 Å². The van der Waals surface area contributed by atoms with Crippen molar-refractivity contribution >= 4 is 17.5 Å². The fourth-order valence-corrected chi connectivity index (χ4v) is 3.78. The summed E-state index contributed by atoms with van der Waals surface area (Å²) in [5, 5.41) is 4.65. The minimum atomic E-state index is -4.48. The van der Waals surface area contributed by atoms with Gasteiger partial charge in [0.25, 0.3) is 0 Å². The van der Waals surface area contributed by atoms with E-state index in [9.17, 15) is 22.8 Å². The summed E-state index contributed by atoms with van der Waals surface area (Å²) in [5.41, 5.74) is 0.990. The average molecular weight is 399 g/mol. The summed E-state index contributed by atoms with van der Waals surface area (Å²) in [6.07, 6.45) is -3.99. The first kappa shape index (κ1) is 20.3. The normalized spacial score (nSPS) is 25.4. The molecule has 2 fully saturated rings. The number of benzene rings is 1. The van der Waals surface area contributed by atoms with Crippen LogP contribution >= 0.6 is 0 Å². The molecule has 0 saturated carbocycles. The molecule has 3 atom stereocenters. The summed E-state index contributed by atoms with van der Waals surface area (Å²) in [6, 6.07) is 5.83. The second kappa shape index (κ2) is 8.28. The van der Waals surface area contributed by atoms with Crippen molar-refractivity contribution in [2.45, 2.75) is 31.5 Å². The number of carbonyl (C=O) groups excluding carboxylic acids is 2. The third kappa shape index (κ3) is 4.51. The Hall–Kier alpha value is -2.45. The summed E-state index contributed by atoms with van der Waals surface area (Å²) >= 11 is 0. The van der Waals surface area contributed by atoms with Crippen molar-refractivity contribution in [3.8, 4) is 5.75 Å². The highest BCUT2D eigenvalue weighted by Crippen LogP contribution is 2.32. The number of hydrogen-bond acceptors (Lipinski definition) is 4. The van der Waals surface area contributed by atoms with Gasteiger partial charge < -0.3 is 20.3 Å². The number of para-hydroxylation sites is 2. The van der Waals surface area contributed by atoms with Gasteiger partial charge in [0.05, 0.1) is 12.8 Å². The largest absolute Gasteiger partial charge is 0.495 e. The Bertz CT molecular complexity index is 726. The van der Waals surface area contributed by atoms with Crippen molar-refractivity contribution in [2.24, 2.45) is 11.8 Å². The summed E-state index contributed by atoms with van der Waals surface area (Å²) in [4.78, 5) is 26.4. The number of hydrogen-bond donors (Lipinski definition) is 2. The van der Waals surface area contributed by atoms with E-state index in [1.54, 1.807) is 7.11 Å². The van der Waals surface area contributed by atoms with E-state index in [1.807, 2.05) is 29.6 Å². The lowest BCUT2D eigenvalue weighted by atomic mass is 9.92. The van der Waals surface area contributed by atoms with Crippen LogP contribution in [-0.4, -0.2) is 50.8 Å². The Kier molecular flexibility index (Phi) is 6.00. The standard InChI is InChI=1S/C19H24F3N3O3/c1-28-15-5-3-2-4-14(15)25-9-8-12(11-25)10-23-17(26)13-6-7-16(19(20,21)22)24-18(13)27/h2-5,12-13,16H,6-11H2,1H3,(H,23,26)(H,24,27). The fourth-order valence-electron chi connectivity index (χ4n) is 3.78. The van der Waals surface area contributed by atoms with Gasteiger partial charge in [0.2, 0.25) is 11.8 Å². The Balaban J connectivity index is 1.49. The molecule has 9 heteroatoms. The molecule has 2 aliphatic heterocycles. The van der Waals surface area contributed by atoms with Crippen molar-refractivity contribution in [1.82, 2.24) is 10.6 Å². The maximum atomic E-state index is 12.7. The van der Waals surface area contributed by atoms with Crippen LogP contribution in [0.3, 0.4) is 0 Å². The smallest absolute Gasteiger partial charge is 0.408 e. The lowest BCUT2D eigenvalue weighted by Crippen LogP contribution is -2.54. The second-order valence-electron chi connectivity index (χ2n) is 7.25. The number of carbonyl (C=O) groups is 2. The number of halogens is 3. The van der Waals surface area contributed by atoms with Crippen LogP contribution in [-0.2, 0) is 9.59 Å². The van der Waals surface area contributed by atoms with Crippen molar-refractivity contribution in [3.63, 3.8) is 0 Å². The summed E-state index contributed by atoms with van der Waals surface area (Å²) < 4.78 is 43.5. The highest BCUT2D eigenvalue weighted by atomic mass is 19.4. The number of nitrogens with one attached hydrogen (secondary N) is 2. The zero-order valence-electron chi connectivity index (χ0n) is 15.6. The second-order valence-corrected chi connectivity index (χ2v) is 7.25. The number of ether oxygens (including phenoxy) is 1. The molecule has 154 valence electrons. The number of methoxy groups -OCH3 is 1. The SMILES string of the molecule is COc1ccccc1N1CCC(CNC(=O)C2CCC(C(F)(F)F)NC2=O)C1. The van der Waals surface area contributed by atoms with Crippen LogP contribution in [0.5, 0.6) is 5.75 Å². The number of nitrogens with zero attached hydrogens (tertiary/aromatic N) is 1. The van der Waals surface area contributed by atoms with E-state index in [0.717, 1.165) is 30.9 Å². The van der Waals surface area contributed by atoms with Gasteiger partial charge in [-0.25, -0.2) is 0 Å². The van der Waals surface area contributed by atoms with E-state index in [2.05, 4.69) is 10.2 Å². The number of amides is 2. The van der Waals surface area contributed by atoms with Crippen molar-refractivity contribution in [2.75, 3.05) is 31.6 Å². The van der Waals surface area contributed by atoms with Crippen LogP contribution in [0.4, 0.5) is 18.9 Å². The zero-order valence-corrected chi connectivity index (χ0v) is 15.6. The van der Waals surface area contributed by atoms with Crippen LogP contribution in [0.25, 0.3) is 0 Å². The van der Waals surface area contributed by atoms with Gasteiger partial charge >= 0.3 is 6.18 Å². The molecule has 2 amide bonds. The van der Waals surface area contributed by atoms with E-state index >= 15 is 0 Å². The molecule has 1 aromatic carbocycles. The highest BCUT2D eigenvalue weighted by Gasteiger charge is 2.45. The molecule has 2 heterocycles. The number of anilines is 1. The predicted octanol–water partition coefficient (Wildman–Crippen LogP) is 2.09. The summed E-state index contributed by atoms with van der Waals surface area (Å²) in [5.74, 6) is -1.44. The van der Waals surface area contributed by atoms with Crippen LogP contribution < -0.4 is 20.3 Å². The number of alkyl halides is 3. The van der Waals surface area contributed by atoms with Crippen molar-refractivity contribution in [3.05, 3.63) is 24.3 Å². The van der Waals surface area contributed by atoms with E-state index in [1.165, 1.54) is 0 Å². The molecule has 1 aromatic rings. The molecular formula is C19H24F3N3O3. The molecule has 3 unspecified atom stereocenters. The first-order valence-corrected chi connectivity index (χ1v) is 9.32. The minimum Gasteiger partial charge on any atom is -0.495 e. The molecule has 0 spiro atoms. The average Bonchev–Trinajstić information content (AvgIpc) is 3.14. The third-order valence-electron chi connectivity index (χ3n) is 5.37. The molecule has 6 nitrogen and oxygen atoms in total. The van der Waals surface area contributed by atoms with Gasteiger partial charge in [0.15, 0.2) is 0 Å². The molecule has 2 N–H and O–H groups in total. The molecule has 0 aromatic heterocycles. The zero-order chi connectivity index (χ0) is 20.3. The number of rotatable bonds is 5. The summed E-state index contributed by atoms with van der Waals surface area (Å²) in [7, 11) is 1.62. The molecule has 0 radical (unpaired) electrons. The van der Waals surface area contributed by atoms with E-state index in [-0.39, 0.29) is 18.8 Å². The maximum absolute atomic E-state index is 12.7. The van der Waals surface area contributed by atoms with Crippen LogP contribution in [0, 0.1) is 11.8 Å². The predicted molar refractivity (Wildman–Crippen MR) is 97.0 cm³/mol. The minimum absolute atomic E-state index is 0.0974. The topological polar surface area (TPSA) is 70.7 Å². The first-order valence-electron chi connectivity index (χ1n) is 9.32. The van der Waals surface area contributed by atoms with Gasteiger partial charge in [-0.1, -0.05) is 12.1 Å². The van der Waals surface area contributed by atoms with Crippen molar-refractivity contribution < 1.29 is 27.5 Å². The molecular weight excluding hydrogens is 375 g/mol. The summed E-state index contributed by atoms with van der Waals surface area (Å²) in [6.45, 7) is 1.93. The van der Waals surface area contributed by atoms with Gasteiger partial charge in [-0.05, 0) is 37.3 Å². The van der Waals surface area contributed by atoms with Crippen LogP contribution in [0.15, 0.2) is 24.3 Å². The Morgan fingerprint density at radius 3 is 2.71 bits per heavy atom. The molecule has 0 bridgehead atoms. The van der Waals surface area contributed by atoms with Crippen LogP contribution in [0.1, 0.15) is 19.3 Å². The third-order valence-corrected chi connectivity index (χ3v) is 5.37. The molecule has 0 aliphatic carbocycles. The van der Waals surface area contributed by atoms with Gasteiger partial charge in [0.1, 0.15) is 17.7 Å². The molecule has 2 aliphatic rings. The van der Waals surface area contributed by atoms with E-state index in [4.69, 9.17) is 4.74 Å².